The fourth-order valence-corrected chi connectivity index (χ4v) is 2.69. The smallest absolute Gasteiger partial charge is 0.335 e. The molecule has 0 radical (unpaired) electrons. The Bertz CT molecular complexity index is 733. The molecule has 0 saturated heterocycles. The minimum Gasteiger partial charge on any atom is -0.478 e. The highest BCUT2D eigenvalue weighted by atomic mass is 32.1. The van der Waals surface area contributed by atoms with Gasteiger partial charge in [0.25, 0.3) is 0 Å². The third kappa shape index (κ3) is 3.17. The molecule has 1 aromatic carbocycles. The molecule has 6 heteroatoms. The Morgan fingerprint density at radius 1 is 1.19 bits per heavy atom. The molecule has 2 heterocycles. The zero-order valence-corrected chi connectivity index (χ0v) is 12.0. The molecule has 5 nitrogen and oxygen atoms in total. The maximum absolute atomic E-state index is 10.8. The first-order valence-corrected chi connectivity index (χ1v) is 7.31. The van der Waals surface area contributed by atoms with Crippen molar-refractivity contribution in [2.75, 3.05) is 0 Å². The molecule has 0 atom stereocenters. The van der Waals surface area contributed by atoms with Gasteiger partial charge in [0.05, 0.1) is 17.0 Å². The highest BCUT2D eigenvalue weighted by Gasteiger charge is 2.07. The second-order valence-corrected chi connectivity index (χ2v) is 5.56. The van der Waals surface area contributed by atoms with E-state index < -0.39 is 5.97 Å². The topological polar surface area (TPSA) is 68.0 Å². The average molecular weight is 299 g/mol. The zero-order chi connectivity index (χ0) is 14.7. The van der Waals surface area contributed by atoms with Crippen LogP contribution in [0.3, 0.4) is 0 Å². The van der Waals surface area contributed by atoms with E-state index >= 15 is 0 Å². The van der Waals surface area contributed by atoms with Crippen molar-refractivity contribution in [1.29, 1.82) is 0 Å². The summed E-state index contributed by atoms with van der Waals surface area (Å²) in [6.45, 7) is 0.667. The lowest BCUT2D eigenvalue weighted by Gasteiger charge is -2.07. The number of thiazole rings is 1. The maximum atomic E-state index is 10.8. The Morgan fingerprint density at radius 3 is 2.67 bits per heavy atom. The summed E-state index contributed by atoms with van der Waals surface area (Å²) >= 11 is 1.61. The quantitative estimate of drug-likeness (QED) is 0.786. The number of imidazole rings is 1. The molecule has 2 aromatic heterocycles. The van der Waals surface area contributed by atoms with E-state index in [1.165, 1.54) is 0 Å². The summed E-state index contributed by atoms with van der Waals surface area (Å²) < 4.78 is 2.05. The molecular weight excluding hydrogens is 286 g/mol. The van der Waals surface area contributed by atoms with Crippen molar-refractivity contribution in [3.63, 3.8) is 0 Å². The van der Waals surface area contributed by atoms with Crippen LogP contribution in [-0.2, 0) is 13.0 Å². The molecule has 0 spiro atoms. The summed E-state index contributed by atoms with van der Waals surface area (Å²) in [5.74, 6) is 0.0425. The predicted molar refractivity (Wildman–Crippen MR) is 79.7 cm³/mol. The third-order valence-electron chi connectivity index (χ3n) is 3.15. The van der Waals surface area contributed by atoms with E-state index in [9.17, 15) is 4.79 Å². The highest BCUT2D eigenvalue weighted by Crippen LogP contribution is 2.13. The Morgan fingerprint density at radius 2 is 2.00 bits per heavy atom. The first kappa shape index (κ1) is 13.5. The van der Waals surface area contributed by atoms with Crippen molar-refractivity contribution < 1.29 is 9.90 Å². The van der Waals surface area contributed by atoms with Crippen LogP contribution in [-0.4, -0.2) is 25.6 Å². The first-order valence-electron chi connectivity index (χ1n) is 6.43. The van der Waals surface area contributed by atoms with Crippen LogP contribution in [0.2, 0.25) is 0 Å². The number of hydrogen-bond acceptors (Lipinski definition) is 4. The normalized spacial score (nSPS) is 10.7. The van der Waals surface area contributed by atoms with Crippen molar-refractivity contribution in [2.45, 2.75) is 13.0 Å². The van der Waals surface area contributed by atoms with Gasteiger partial charge in [0.2, 0.25) is 0 Å². The van der Waals surface area contributed by atoms with Crippen LogP contribution < -0.4 is 0 Å². The SMILES string of the molecule is O=C(O)c1ccc(Cn2ccnc2Cc2nccs2)cc1. The number of carboxylic acid groups (broad SMARTS) is 1. The number of benzene rings is 1. The van der Waals surface area contributed by atoms with E-state index in [0.717, 1.165) is 16.4 Å². The van der Waals surface area contributed by atoms with Crippen molar-refractivity contribution in [1.82, 2.24) is 14.5 Å². The van der Waals surface area contributed by atoms with Crippen molar-refractivity contribution >= 4 is 17.3 Å². The zero-order valence-electron chi connectivity index (χ0n) is 11.1. The molecule has 3 rings (SSSR count). The maximum Gasteiger partial charge on any atom is 0.335 e. The molecule has 0 amide bonds. The fourth-order valence-electron chi connectivity index (χ4n) is 2.08. The van der Waals surface area contributed by atoms with Gasteiger partial charge in [0, 0.05) is 30.5 Å². The van der Waals surface area contributed by atoms with Crippen LogP contribution in [0.25, 0.3) is 0 Å². The molecule has 106 valence electrons. The van der Waals surface area contributed by atoms with Gasteiger partial charge < -0.3 is 9.67 Å². The first-order chi connectivity index (χ1) is 10.2. The van der Waals surface area contributed by atoms with E-state index in [1.54, 1.807) is 35.9 Å². The molecule has 0 saturated carbocycles. The molecule has 21 heavy (non-hydrogen) atoms. The molecule has 1 N–H and O–H groups in total. The predicted octanol–water partition coefficient (Wildman–Crippen LogP) is 2.68. The molecule has 0 aliphatic rings. The molecule has 0 unspecified atom stereocenters. The van der Waals surface area contributed by atoms with Gasteiger partial charge in [0.1, 0.15) is 5.82 Å². The van der Waals surface area contributed by atoms with Gasteiger partial charge in [-0.25, -0.2) is 14.8 Å². The van der Waals surface area contributed by atoms with Gasteiger partial charge in [-0.15, -0.1) is 11.3 Å². The Hall–Kier alpha value is -2.47. The summed E-state index contributed by atoms with van der Waals surface area (Å²) in [6, 6.07) is 6.90. The van der Waals surface area contributed by atoms with Gasteiger partial charge in [-0.1, -0.05) is 12.1 Å². The van der Waals surface area contributed by atoms with Gasteiger partial charge >= 0.3 is 5.97 Å². The highest BCUT2D eigenvalue weighted by molar-refractivity contribution is 7.09. The van der Waals surface area contributed by atoms with Gasteiger partial charge in [-0.2, -0.15) is 0 Å². The van der Waals surface area contributed by atoms with Crippen LogP contribution in [0.4, 0.5) is 0 Å². The third-order valence-corrected chi connectivity index (χ3v) is 3.93. The molecule has 0 fully saturated rings. The summed E-state index contributed by atoms with van der Waals surface area (Å²) in [5.41, 5.74) is 1.34. The van der Waals surface area contributed by atoms with Crippen molar-refractivity contribution in [3.05, 3.63) is 70.2 Å². The summed E-state index contributed by atoms with van der Waals surface area (Å²) in [6.07, 6.45) is 6.19. The average Bonchev–Trinajstić information content (AvgIpc) is 3.13. The minimum absolute atomic E-state index is 0.299. The second kappa shape index (κ2) is 5.88. The lowest BCUT2D eigenvalue weighted by atomic mass is 10.1. The summed E-state index contributed by atoms with van der Waals surface area (Å²) in [4.78, 5) is 19.5. The van der Waals surface area contributed by atoms with E-state index in [1.807, 2.05) is 23.7 Å². The lowest BCUT2D eigenvalue weighted by Crippen LogP contribution is -2.05. The van der Waals surface area contributed by atoms with Crippen LogP contribution in [0.5, 0.6) is 0 Å². The standard InChI is InChI=1S/C15H13N3O2S/c19-15(20)12-3-1-11(2-4-12)10-18-7-5-16-13(18)9-14-17-6-8-21-14/h1-8H,9-10H2,(H,19,20). The van der Waals surface area contributed by atoms with E-state index in [4.69, 9.17) is 5.11 Å². The number of aromatic nitrogens is 3. The van der Waals surface area contributed by atoms with Gasteiger partial charge in [-0.3, -0.25) is 0 Å². The number of rotatable bonds is 5. The number of carboxylic acids is 1. The van der Waals surface area contributed by atoms with Crippen LogP contribution in [0.15, 0.2) is 48.2 Å². The molecule has 0 bridgehead atoms. The molecule has 0 aliphatic carbocycles. The number of aromatic carboxylic acids is 1. The Kier molecular flexibility index (Phi) is 3.79. The van der Waals surface area contributed by atoms with Crippen molar-refractivity contribution in [2.24, 2.45) is 0 Å². The van der Waals surface area contributed by atoms with E-state index in [2.05, 4.69) is 14.5 Å². The van der Waals surface area contributed by atoms with Crippen LogP contribution in [0, 0.1) is 0 Å². The Labute approximate surface area is 125 Å². The molecule has 3 aromatic rings. The Balaban J connectivity index is 1.76. The number of carbonyl (C=O) groups is 1. The van der Waals surface area contributed by atoms with Crippen LogP contribution in [0.1, 0.15) is 26.8 Å². The fraction of sp³-hybridized carbons (Fsp3) is 0.133. The number of hydrogen-bond donors (Lipinski definition) is 1. The van der Waals surface area contributed by atoms with E-state index in [0.29, 0.717) is 18.5 Å². The van der Waals surface area contributed by atoms with Crippen LogP contribution >= 0.6 is 11.3 Å². The van der Waals surface area contributed by atoms with E-state index in [-0.39, 0.29) is 0 Å². The lowest BCUT2D eigenvalue weighted by molar-refractivity contribution is 0.0697. The molecular formula is C15H13N3O2S. The summed E-state index contributed by atoms with van der Waals surface area (Å²) in [5, 5.41) is 11.9. The summed E-state index contributed by atoms with van der Waals surface area (Å²) in [7, 11) is 0. The van der Waals surface area contributed by atoms with Gasteiger partial charge in [0.15, 0.2) is 0 Å². The largest absolute Gasteiger partial charge is 0.478 e. The number of nitrogens with zero attached hydrogens (tertiary/aromatic N) is 3. The minimum atomic E-state index is -0.909. The monoisotopic (exact) mass is 299 g/mol. The molecule has 0 aliphatic heterocycles. The van der Waals surface area contributed by atoms with Gasteiger partial charge in [-0.05, 0) is 17.7 Å². The van der Waals surface area contributed by atoms with Crippen molar-refractivity contribution in [3.8, 4) is 0 Å². The second-order valence-electron chi connectivity index (χ2n) is 4.58.